The Labute approximate surface area is 374 Å². The van der Waals surface area contributed by atoms with Gasteiger partial charge in [0.2, 0.25) is 11.8 Å². The van der Waals surface area contributed by atoms with Gasteiger partial charge in [-0.1, -0.05) is 54.2 Å². The highest BCUT2D eigenvalue weighted by molar-refractivity contribution is 7.99. The second-order valence-corrected chi connectivity index (χ2v) is 16.5. The van der Waals surface area contributed by atoms with E-state index in [-0.39, 0.29) is 12.8 Å². The molecule has 1 aliphatic rings. The van der Waals surface area contributed by atoms with E-state index >= 15 is 0 Å². The van der Waals surface area contributed by atoms with E-state index in [0.717, 1.165) is 53.7 Å². The lowest BCUT2D eigenvalue weighted by Crippen LogP contribution is -2.61. The van der Waals surface area contributed by atoms with Crippen molar-refractivity contribution in [2.24, 2.45) is 0 Å². The molecule has 1 saturated heterocycles. The van der Waals surface area contributed by atoms with Crippen LogP contribution in [0.5, 0.6) is 0 Å². The standard InChI is InChI=1S/C43H55N3O17S/c1-23(47)58-22-33-35(59-24(2)48)36(60-25(3)49)37(61-26(4)50)41(62-33)64-29-17-15-28(16-18-29)19-30(46-42(55)63-43(5,6)7)38(52)44-31(21-34(51)56-8)39(53)45-32(40(54)57-9)20-27-13-11-10-12-14-27/h10-18,30-33,35-37,41H,19-22H2,1-9H3,(H,44,52)(H,45,53)(H,46,55)/t30-,31+,32+,33?,35-,36?,37?,41+/m1/s1. The molecule has 3 unspecified atom stereocenters. The first-order valence-electron chi connectivity index (χ1n) is 19.9. The predicted molar refractivity (Wildman–Crippen MR) is 224 cm³/mol. The number of hydrogen-bond acceptors (Lipinski definition) is 18. The summed E-state index contributed by atoms with van der Waals surface area (Å²) < 4.78 is 42.9. The van der Waals surface area contributed by atoms with Crippen molar-refractivity contribution < 1.29 is 81.0 Å². The summed E-state index contributed by atoms with van der Waals surface area (Å²) in [6.07, 6.45) is -6.97. The molecular weight excluding hydrogens is 863 g/mol. The molecule has 0 aromatic heterocycles. The van der Waals surface area contributed by atoms with Gasteiger partial charge in [-0.2, -0.15) is 0 Å². The lowest BCUT2D eigenvalue weighted by Gasteiger charge is -2.44. The minimum absolute atomic E-state index is 0.0307. The fourth-order valence-corrected chi connectivity index (χ4v) is 7.31. The van der Waals surface area contributed by atoms with E-state index in [1.807, 2.05) is 0 Å². The van der Waals surface area contributed by atoms with Crippen molar-refractivity contribution in [3.8, 4) is 0 Å². The molecule has 64 heavy (non-hydrogen) atoms. The van der Waals surface area contributed by atoms with E-state index < -0.39 is 120 Å². The molecule has 0 aliphatic carbocycles. The van der Waals surface area contributed by atoms with E-state index in [4.69, 9.17) is 37.9 Å². The summed E-state index contributed by atoms with van der Waals surface area (Å²) in [6, 6.07) is 11.0. The highest BCUT2D eigenvalue weighted by Gasteiger charge is 2.52. The van der Waals surface area contributed by atoms with Crippen LogP contribution < -0.4 is 16.0 Å². The molecule has 8 atom stereocenters. The van der Waals surface area contributed by atoms with Gasteiger partial charge in [0.1, 0.15) is 41.9 Å². The maximum atomic E-state index is 14.0. The molecule has 0 bridgehead atoms. The number of hydrogen-bond donors (Lipinski definition) is 3. The molecule has 0 spiro atoms. The normalized spacial score (nSPS) is 19.5. The average Bonchev–Trinajstić information content (AvgIpc) is 3.20. The summed E-state index contributed by atoms with van der Waals surface area (Å²) >= 11 is 1.02. The second kappa shape index (κ2) is 24.6. The van der Waals surface area contributed by atoms with Crippen LogP contribution in [0, 0.1) is 0 Å². The zero-order valence-corrected chi connectivity index (χ0v) is 37.8. The van der Waals surface area contributed by atoms with Crippen LogP contribution in [0.4, 0.5) is 4.79 Å². The Kier molecular flexibility index (Phi) is 20.0. The van der Waals surface area contributed by atoms with Crippen molar-refractivity contribution in [1.29, 1.82) is 0 Å². The fraction of sp³-hybridized carbons (Fsp3) is 0.512. The van der Waals surface area contributed by atoms with Crippen LogP contribution in [0.15, 0.2) is 59.5 Å². The number of amides is 3. The molecule has 1 fully saturated rings. The van der Waals surface area contributed by atoms with Gasteiger partial charge in [0.05, 0.1) is 20.6 Å². The number of carbonyl (C=O) groups is 9. The van der Waals surface area contributed by atoms with E-state index in [2.05, 4.69) is 16.0 Å². The molecule has 3 amide bonds. The van der Waals surface area contributed by atoms with E-state index in [0.29, 0.717) is 16.0 Å². The third-order valence-corrected chi connectivity index (χ3v) is 10.0. The van der Waals surface area contributed by atoms with Crippen LogP contribution in [0.25, 0.3) is 0 Å². The van der Waals surface area contributed by atoms with Crippen LogP contribution in [0.1, 0.15) is 66.0 Å². The van der Waals surface area contributed by atoms with Gasteiger partial charge in [0, 0.05) is 45.4 Å². The van der Waals surface area contributed by atoms with Crippen molar-refractivity contribution in [3.63, 3.8) is 0 Å². The third-order valence-electron chi connectivity index (χ3n) is 8.89. The minimum Gasteiger partial charge on any atom is -0.469 e. The summed E-state index contributed by atoms with van der Waals surface area (Å²) in [5.74, 6) is -6.45. The first kappa shape index (κ1) is 52.1. The maximum Gasteiger partial charge on any atom is 0.408 e. The lowest BCUT2D eigenvalue weighted by atomic mass is 9.99. The highest BCUT2D eigenvalue weighted by atomic mass is 32.2. The Hall–Kier alpha value is -6.22. The average molecular weight is 918 g/mol. The van der Waals surface area contributed by atoms with Gasteiger partial charge < -0.3 is 53.8 Å². The predicted octanol–water partition coefficient (Wildman–Crippen LogP) is 2.25. The van der Waals surface area contributed by atoms with Crippen LogP contribution in [-0.2, 0) is 89.1 Å². The number of thioether (sulfide) groups is 1. The molecular formula is C43H55N3O17S. The van der Waals surface area contributed by atoms with Crippen LogP contribution >= 0.6 is 11.8 Å². The van der Waals surface area contributed by atoms with Crippen molar-refractivity contribution >= 4 is 65.5 Å². The topological polar surface area (TPSA) is 264 Å². The van der Waals surface area contributed by atoms with Gasteiger partial charge in [-0.05, 0) is 44.0 Å². The summed E-state index contributed by atoms with van der Waals surface area (Å²) in [5, 5.41) is 7.57. The van der Waals surface area contributed by atoms with Gasteiger partial charge in [0.25, 0.3) is 0 Å². The number of alkyl carbamates (subject to hydrolysis) is 1. The van der Waals surface area contributed by atoms with Crippen molar-refractivity contribution in [3.05, 3.63) is 65.7 Å². The quantitative estimate of drug-likeness (QED) is 0.135. The summed E-state index contributed by atoms with van der Waals surface area (Å²) in [5.41, 5.74) is -0.919. The fourth-order valence-electron chi connectivity index (χ4n) is 6.21. The smallest absolute Gasteiger partial charge is 0.408 e. The van der Waals surface area contributed by atoms with Crippen LogP contribution in [0.3, 0.4) is 0 Å². The SMILES string of the molecule is COC(=O)C[C@H](NC(=O)[C@@H](Cc1ccc(S[C@@H]2OC(COC(C)=O)[C@@H](OC(C)=O)C(OC(C)=O)C2OC(C)=O)cc1)NC(=O)OC(C)(C)C)C(=O)N[C@@H](Cc1ccccc1)C(=O)OC. The number of benzene rings is 2. The van der Waals surface area contributed by atoms with E-state index in [1.165, 1.54) is 0 Å². The first-order valence-corrected chi connectivity index (χ1v) is 20.8. The Morgan fingerprint density at radius 2 is 1.17 bits per heavy atom. The van der Waals surface area contributed by atoms with Crippen LogP contribution in [-0.4, -0.2) is 128 Å². The Balaban J connectivity index is 1.93. The van der Waals surface area contributed by atoms with Gasteiger partial charge in [-0.15, -0.1) is 0 Å². The zero-order valence-electron chi connectivity index (χ0n) is 37.0. The number of carbonyl (C=O) groups excluding carboxylic acids is 9. The molecule has 350 valence electrons. The number of rotatable bonds is 19. The molecule has 3 rings (SSSR count). The van der Waals surface area contributed by atoms with Gasteiger partial charge in [0.15, 0.2) is 18.3 Å². The summed E-state index contributed by atoms with van der Waals surface area (Å²) in [6.45, 7) is 8.95. The monoisotopic (exact) mass is 917 g/mol. The van der Waals surface area contributed by atoms with E-state index in [1.54, 1.807) is 75.4 Å². The number of nitrogens with one attached hydrogen (secondary N) is 3. The first-order chi connectivity index (χ1) is 30.1. The van der Waals surface area contributed by atoms with Crippen molar-refractivity contribution in [2.75, 3.05) is 20.8 Å². The molecule has 21 heteroatoms. The van der Waals surface area contributed by atoms with Gasteiger partial charge in [-0.3, -0.25) is 33.6 Å². The number of esters is 6. The zero-order chi connectivity index (χ0) is 47.7. The van der Waals surface area contributed by atoms with Gasteiger partial charge in [-0.25, -0.2) is 9.59 Å². The summed E-state index contributed by atoms with van der Waals surface area (Å²) in [4.78, 5) is 115. The molecule has 20 nitrogen and oxygen atoms in total. The largest absolute Gasteiger partial charge is 0.469 e. The summed E-state index contributed by atoms with van der Waals surface area (Å²) in [7, 11) is 2.24. The van der Waals surface area contributed by atoms with Crippen molar-refractivity contribution in [1.82, 2.24) is 16.0 Å². The lowest BCUT2D eigenvalue weighted by molar-refractivity contribution is -0.237. The highest BCUT2D eigenvalue weighted by Crippen LogP contribution is 2.38. The third kappa shape index (κ3) is 17.5. The molecule has 0 saturated carbocycles. The second-order valence-electron chi connectivity index (χ2n) is 15.3. The Bertz CT molecular complexity index is 1970. The Morgan fingerprint density at radius 1 is 0.641 bits per heavy atom. The van der Waals surface area contributed by atoms with Gasteiger partial charge >= 0.3 is 41.9 Å². The molecule has 2 aromatic carbocycles. The Morgan fingerprint density at radius 3 is 1.72 bits per heavy atom. The van der Waals surface area contributed by atoms with E-state index in [9.17, 15) is 43.2 Å². The maximum absolute atomic E-state index is 14.0. The molecule has 1 heterocycles. The molecule has 0 radical (unpaired) electrons. The van der Waals surface area contributed by atoms with Crippen molar-refractivity contribution in [2.45, 2.75) is 126 Å². The number of ether oxygens (including phenoxy) is 8. The molecule has 1 aliphatic heterocycles. The number of methoxy groups -OCH3 is 2. The van der Waals surface area contributed by atoms with Crippen LogP contribution in [0.2, 0.25) is 0 Å². The minimum atomic E-state index is -1.58. The molecule has 2 aromatic rings. The molecule has 3 N–H and O–H groups in total.